The topological polar surface area (TPSA) is 128 Å². The van der Waals surface area contributed by atoms with Crippen LogP contribution >= 0.6 is 0 Å². The molecule has 134 valence electrons. The molecule has 9 heteroatoms. The molecule has 0 atom stereocenters. The van der Waals surface area contributed by atoms with E-state index in [9.17, 15) is 24.5 Å². The molecule has 0 spiro atoms. The van der Waals surface area contributed by atoms with Gasteiger partial charge >= 0.3 is 5.97 Å². The fraction of sp³-hybridized carbons (Fsp3) is 0.375. The number of amides is 1. The molecule has 0 radical (unpaired) electrons. The molecule has 1 amide bonds. The van der Waals surface area contributed by atoms with Crippen LogP contribution in [0.3, 0.4) is 0 Å². The van der Waals surface area contributed by atoms with E-state index in [0.29, 0.717) is 0 Å². The number of hydrogen-bond acceptors (Lipinski definition) is 7. The van der Waals surface area contributed by atoms with Gasteiger partial charge in [0.1, 0.15) is 5.78 Å². The van der Waals surface area contributed by atoms with Gasteiger partial charge < -0.3 is 4.74 Å². The van der Waals surface area contributed by atoms with E-state index in [1.165, 1.54) is 18.2 Å². The highest BCUT2D eigenvalue weighted by molar-refractivity contribution is 6.40. The van der Waals surface area contributed by atoms with Gasteiger partial charge in [-0.05, 0) is 6.07 Å². The van der Waals surface area contributed by atoms with Gasteiger partial charge in [-0.2, -0.15) is 5.10 Å². The maximum absolute atomic E-state index is 12.1. The molecule has 0 aliphatic carbocycles. The Labute approximate surface area is 144 Å². The molecule has 0 bridgehead atoms. The number of hydrazone groups is 1. The van der Waals surface area contributed by atoms with Crippen molar-refractivity contribution in [2.24, 2.45) is 10.5 Å². The molecule has 0 heterocycles. The van der Waals surface area contributed by atoms with Crippen LogP contribution in [0.4, 0.5) is 5.69 Å². The van der Waals surface area contributed by atoms with Gasteiger partial charge in [0.15, 0.2) is 5.71 Å². The fourth-order valence-corrected chi connectivity index (χ4v) is 1.64. The smallest absolute Gasteiger partial charge is 0.354 e. The maximum Gasteiger partial charge on any atom is 0.354 e. The summed E-state index contributed by atoms with van der Waals surface area (Å²) in [4.78, 5) is 45.9. The van der Waals surface area contributed by atoms with Gasteiger partial charge in [0, 0.05) is 23.1 Å². The summed E-state index contributed by atoms with van der Waals surface area (Å²) < 4.78 is 4.55. The lowest BCUT2D eigenvalue weighted by atomic mass is 9.88. The van der Waals surface area contributed by atoms with Crippen molar-refractivity contribution in [3.8, 4) is 0 Å². The Morgan fingerprint density at radius 2 is 1.92 bits per heavy atom. The molecule has 25 heavy (non-hydrogen) atoms. The number of carbonyl (C=O) groups excluding carboxylic acids is 3. The standard InChI is InChI=1S/C16H19N3O6/c1-16(2,3)13(20)9-12(15(22)25-4)17-18-14(21)10-6-5-7-11(8-10)19(23)24/h5-8H,9H2,1-4H3,(H,18,21)/b17-12+. The number of ketones is 1. The average Bonchev–Trinajstić information content (AvgIpc) is 2.56. The van der Waals surface area contributed by atoms with Gasteiger partial charge in [0.2, 0.25) is 0 Å². The summed E-state index contributed by atoms with van der Waals surface area (Å²) in [6.07, 6.45) is -0.314. The molecule has 0 saturated heterocycles. The molecule has 0 aliphatic rings. The number of non-ortho nitro benzene ring substituents is 1. The van der Waals surface area contributed by atoms with E-state index in [-0.39, 0.29) is 29.2 Å². The van der Waals surface area contributed by atoms with Gasteiger partial charge in [-0.25, -0.2) is 10.2 Å². The summed E-state index contributed by atoms with van der Waals surface area (Å²) in [6.45, 7) is 5.06. The van der Waals surface area contributed by atoms with Crippen LogP contribution in [-0.4, -0.2) is 35.4 Å². The molecule has 0 aliphatic heterocycles. The minimum atomic E-state index is -0.850. The van der Waals surface area contributed by atoms with Crippen LogP contribution in [0.15, 0.2) is 29.4 Å². The van der Waals surface area contributed by atoms with Crippen LogP contribution in [0.25, 0.3) is 0 Å². The molecule has 0 saturated carbocycles. The van der Waals surface area contributed by atoms with Crippen molar-refractivity contribution in [1.29, 1.82) is 0 Å². The second-order valence-electron chi connectivity index (χ2n) is 6.15. The normalized spacial score (nSPS) is 11.6. The zero-order valence-corrected chi connectivity index (χ0v) is 14.4. The van der Waals surface area contributed by atoms with Crippen LogP contribution in [0.5, 0.6) is 0 Å². The number of benzene rings is 1. The van der Waals surface area contributed by atoms with E-state index < -0.39 is 22.2 Å². The summed E-state index contributed by atoms with van der Waals surface area (Å²) in [7, 11) is 1.13. The maximum atomic E-state index is 12.1. The molecule has 0 fully saturated rings. The number of methoxy groups -OCH3 is 1. The summed E-state index contributed by atoms with van der Waals surface area (Å²) in [5.74, 6) is -1.87. The Bertz CT molecular complexity index is 734. The monoisotopic (exact) mass is 349 g/mol. The molecular weight excluding hydrogens is 330 g/mol. The highest BCUT2D eigenvalue weighted by atomic mass is 16.6. The lowest BCUT2D eigenvalue weighted by Gasteiger charge is -2.16. The number of carbonyl (C=O) groups is 3. The number of nitrogens with one attached hydrogen (secondary N) is 1. The van der Waals surface area contributed by atoms with E-state index in [1.54, 1.807) is 20.8 Å². The zero-order valence-electron chi connectivity index (χ0n) is 14.4. The molecule has 9 nitrogen and oxygen atoms in total. The zero-order chi connectivity index (χ0) is 19.2. The van der Waals surface area contributed by atoms with Gasteiger partial charge in [-0.1, -0.05) is 26.8 Å². The average molecular weight is 349 g/mol. The number of nitro groups is 1. The Balaban J connectivity index is 2.98. The fourth-order valence-electron chi connectivity index (χ4n) is 1.64. The Kier molecular flexibility index (Phi) is 6.49. The predicted octanol–water partition coefficient (Wildman–Crippen LogP) is 1.86. The number of esters is 1. The lowest BCUT2D eigenvalue weighted by Crippen LogP contribution is -2.30. The minimum Gasteiger partial charge on any atom is -0.464 e. The van der Waals surface area contributed by atoms with E-state index in [2.05, 4.69) is 15.3 Å². The van der Waals surface area contributed by atoms with Crippen LogP contribution in [0.1, 0.15) is 37.6 Å². The van der Waals surface area contributed by atoms with Gasteiger partial charge in [0.05, 0.1) is 18.5 Å². The van der Waals surface area contributed by atoms with Crippen molar-refractivity contribution in [1.82, 2.24) is 5.43 Å². The Morgan fingerprint density at radius 1 is 1.28 bits per heavy atom. The second-order valence-corrected chi connectivity index (χ2v) is 6.15. The van der Waals surface area contributed by atoms with Crippen molar-refractivity contribution in [3.63, 3.8) is 0 Å². The van der Waals surface area contributed by atoms with E-state index in [0.717, 1.165) is 13.2 Å². The Hall–Kier alpha value is -3.10. The second kappa shape index (κ2) is 8.13. The molecule has 1 N–H and O–H groups in total. The number of Topliss-reactive ketones (excluding diaryl/α,β-unsaturated/α-hetero) is 1. The van der Waals surface area contributed by atoms with Gasteiger partial charge in [-0.3, -0.25) is 19.7 Å². The number of ether oxygens (including phenoxy) is 1. The highest BCUT2D eigenvalue weighted by Gasteiger charge is 2.26. The first-order valence-corrected chi connectivity index (χ1v) is 7.29. The van der Waals surface area contributed by atoms with Crippen molar-refractivity contribution in [2.45, 2.75) is 27.2 Å². The van der Waals surface area contributed by atoms with Crippen molar-refractivity contribution >= 4 is 29.1 Å². The Morgan fingerprint density at radius 3 is 2.44 bits per heavy atom. The van der Waals surface area contributed by atoms with Crippen LogP contribution in [0.2, 0.25) is 0 Å². The van der Waals surface area contributed by atoms with Crippen LogP contribution in [-0.2, 0) is 14.3 Å². The predicted molar refractivity (Wildman–Crippen MR) is 89.1 cm³/mol. The summed E-state index contributed by atoms with van der Waals surface area (Å²) in [5.41, 5.74) is 0.886. The van der Waals surface area contributed by atoms with Crippen LogP contribution in [0, 0.1) is 15.5 Å². The summed E-state index contributed by atoms with van der Waals surface area (Å²) >= 11 is 0. The number of rotatable bonds is 6. The number of hydrogen-bond donors (Lipinski definition) is 1. The lowest BCUT2D eigenvalue weighted by molar-refractivity contribution is -0.384. The third-order valence-electron chi connectivity index (χ3n) is 3.20. The third-order valence-corrected chi connectivity index (χ3v) is 3.20. The first-order valence-electron chi connectivity index (χ1n) is 7.29. The number of nitro benzene ring substituents is 1. The van der Waals surface area contributed by atoms with Crippen molar-refractivity contribution < 1.29 is 24.0 Å². The quantitative estimate of drug-likeness (QED) is 0.361. The van der Waals surface area contributed by atoms with Crippen molar-refractivity contribution in [2.75, 3.05) is 7.11 Å². The third kappa shape index (κ3) is 5.79. The first-order chi connectivity index (χ1) is 11.6. The minimum absolute atomic E-state index is 0.00989. The van der Waals surface area contributed by atoms with Crippen molar-refractivity contribution in [3.05, 3.63) is 39.9 Å². The van der Waals surface area contributed by atoms with E-state index in [1.807, 2.05) is 0 Å². The molecule has 1 aromatic rings. The largest absolute Gasteiger partial charge is 0.464 e. The molecule has 1 aromatic carbocycles. The molecule has 0 aromatic heterocycles. The molecule has 1 rings (SSSR count). The first kappa shape index (κ1) is 19.9. The van der Waals surface area contributed by atoms with Crippen LogP contribution < -0.4 is 5.43 Å². The summed E-state index contributed by atoms with van der Waals surface area (Å²) in [6, 6.07) is 5.02. The van der Waals surface area contributed by atoms with Gasteiger partial charge in [-0.15, -0.1) is 0 Å². The highest BCUT2D eigenvalue weighted by Crippen LogP contribution is 2.17. The summed E-state index contributed by atoms with van der Waals surface area (Å²) in [5, 5.41) is 14.4. The van der Waals surface area contributed by atoms with Gasteiger partial charge in [0.25, 0.3) is 11.6 Å². The van der Waals surface area contributed by atoms with E-state index in [4.69, 9.17) is 0 Å². The molecule has 0 unspecified atom stereocenters. The number of nitrogens with zero attached hydrogens (tertiary/aromatic N) is 2. The SMILES string of the molecule is COC(=O)/C(CC(=O)C(C)(C)C)=N/NC(=O)c1cccc([N+](=O)[O-])c1. The van der Waals surface area contributed by atoms with E-state index >= 15 is 0 Å². The molecular formula is C16H19N3O6.